The molecule has 3 aliphatic rings. The first-order chi connectivity index (χ1) is 21.6. The molecule has 0 saturated carbocycles. The molecule has 0 amide bonds. The normalized spacial score (nSPS) is 23.3. The third kappa shape index (κ3) is 4.75. The van der Waals surface area contributed by atoms with E-state index < -0.39 is 0 Å². The second kappa shape index (κ2) is 11.0. The number of rotatable bonds is 3. The fourth-order valence-corrected chi connectivity index (χ4v) is 7.73. The van der Waals surface area contributed by atoms with E-state index in [0.717, 1.165) is 17.1 Å². The number of benzene rings is 2. The van der Waals surface area contributed by atoms with Crippen molar-refractivity contribution in [2.75, 3.05) is 7.05 Å². The molecule has 0 fully saturated rings. The molecule has 228 valence electrons. The predicted octanol–water partition coefficient (Wildman–Crippen LogP) is 7.80. The lowest BCUT2D eigenvalue weighted by Gasteiger charge is -2.22. The molecule has 4 nitrogen and oxygen atoms in total. The molecule has 7 rings (SSSR count). The summed E-state index contributed by atoms with van der Waals surface area (Å²) in [7, 11) is 2.23. The number of likely N-dealkylation sites (N-methyl/N-ethyl adjacent to an activating group) is 1. The van der Waals surface area contributed by atoms with E-state index in [-0.39, 0.29) is 12.1 Å². The van der Waals surface area contributed by atoms with Crippen LogP contribution in [0.15, 0.2) is 88.8 Å². The van der Waals surface area contributed by atoms with Gasteiger partial charge in [0.05, 0.1) is 12.1 Å². The van der Waals surface area contributed by atoms with Crippen molar-refractivity contribution in [2.24, 2.45) is 0 Å². The molecule has 3 aliphatic heterocycles. The quantitative estimate of drug-likeness (QED) is 0.227. The van der Waals surface area contributed by atoms with E-state index in [1.54, 1.807) is 0 Å². The van der Waals surface area contributed by atoms with Crippen LogP contribution in [0.5, 0.6) is 0 Å². The van der Waals surface area contributed by atoms with E-state index >= 15 is 0 Å². The zero-order chi connectivity index (χ0) is 31.6. The van der Waals surface area contributed by atoms with Gasteiger partial charge in [0.1, 0.15) is 0 Å². The van der Waals surface area contributed by atoms with Gasteiger partial charge in [-0.1, -0.05) is 74.5 Å². The summed E-state index contributed by atoms with van der Waals surface area (Å²) >= 11 is 0. The number of allylic oxidation sites excluding steroid dienone is 2. The van der Waals surface area contributed by atoms with E-state index in [1.807, 2.05) is 0 Å². The monoisotopic (exact) mass is 592 g/mol. The van der Waals surface area contributed by atoms with Crippen LogP contribution in [0.4, 0.5) is 0 Å². The van der Waals surface area contributed by atoms with E-state index in [9.17, 15) is 0 Å². The van der Waals surface area contributed by atoms with Gasteiger partial charge in [0.2, 0.25) is 0 Å². The van der Waals surface area contributed by atoms with Crippen LogP contribution >= 0.6 is 0 Å². The third-order valence-electron chi connectivity index (χ3n) is 10.3. The minimum absolute atomic E-state index is 0.0600. The molecule has 4 aromatic rings. The van der Waals surface area contributed by atoms with Crippen LogP contribution < -0.4 is 16.0 Å². The smallest absolute Gasteiger partial charge is 0.0710 e. The molecular formula is C41H44N4. The molecular weight excluding hydrogens is 548 g/mol. The highest BCUT2D eigenvalue weighted by Gasteiger charge is 2.30. The SMILES string of the molecule is CC1=C(C)C2/C=c3\[nH]/c(c(C)c3C(C)C)=C\C3N/C(=C\c4[nH]c(c(C)c4-c4ccccc4)/C=C/1N2C)C(c1ccccc1)=C3C. The zero-order valence-electron chi connectivity index (χ0n) is 27.8. The lowest BCUT2D eigenvalue weighted by molar-refractivity contribution is 0.438. The van der Waals surface area contributed by atoms with Crippen molar-refractivity contribution in [1.82, 2.24) is 20.2 Å². The summed E-state index contributed by atoms with van der Waals surface area (Å²) in [6.07, 6.45) is 9.52. The maximum atomic E-state index is 3.94. The Labute approximate surface area is 267 Å². The zero-order valence-corrected chi connectivity index (χ0v) is 27.8. The summed E-state index contributed by atoms with van der Waals surface area (Å²) in [6, 6.07) is 21.8. The van der Waals surface area contributed by atoms with Crippen molar-refractivity contribution in [3.63, 3.8) is 0 Å². The van der Waals surface area contributed by atoms with Crippen LogP contribution in [0, 0.1) is 13.8 Å². The Kier molecular flexibility index (Phi) is 7.12. The van der Waals surface area contributed by atoms with Gasteiger partial charge in [0.15, 0.2) is 0 Å². The molecule has 4 heteroatoms. The summed E-state index contributed by atoms with van der Waals surface area (Å²) in [5, 5.41) is 6.37. The van der Waals surface area contributed by atoms with Crippen molar-refractivity contribution < 1.29 is 0 Å². The van der Waals surface area contributed by atoms with Crippen LogP contribution in [0.25, 0.3) is 41.0 Å². The molecule has 2 unspecified atom stereocenters. The van der Waals surface area contributed by atoms with Gasteiger partial charge in [-0.3, -0.25) is 0 Å². The van der Waals surface area contributed by atoms with Crippen LogP contribution in [0.1, 0.15) is 74.2 Å². The van der Waals surface area contributed by atoms with Gasteiger partial charge in [-0.25, -0.2) is 0 Å². The Morgan fingerprint density at radius 2 is 1.36 bits per heavy atom. The van der Waals surface area contributed by atoms with E-state index in [1.165, 1.54) is 72.1 Å². The summed E-state index contributed by atoms with van der Waals surface area (Å²) < 4.78 is 0. The number of hydrogen-bond donors (Lipinski definition) is 3. The Morgan fingerprint density at radius 1 is 0.689 bits per heavy atom. The topological polar surface area (TPSA) is 46.9 Å². The number of fused-ring (bicyclic) bond motifs is 8. The second-order valence-electron chi connectivity index (χ2n) is 13.3. The highest BCUT2D eigenvalue weighted by molar-refractivity contribution is 5.92. The van der Waals surface area contributed by atoms with Crippen molar-refractivity contribution in [3.8, 4) is 11.1 Å². The van der Waals surface area contributed by atoms with Crippen molar-refractivity contribution in [3.05, 3.63) is 133 Å². The van der Waals surface area contributed by atoms with Gasteiger partial charge in [-0.05, 0) is 109 Å². The molecule has 2 atom stereocenters. The Bertz CT molecular complexity index is 2060. The maximum Gasteiger partial charge on any atom is 0.0710 e. The lowest BCUT2D eigenvalue weighted by atomic mass is 9.96. The van der Waals surface area contributed by atoms with Crippen molar-refractivity contribution >= 4 is 29.9 Å². The number of nitrogens with one attached hydrogen (secondary N) is 3. The molecule has 2 aromatic carbocycles. The van der Waals surface area contributed by atoms with Gasteiger partial charge in [-0.15, -0.1) is 0 Å². The second-order valence-corrected chi connectivity index (χ2v) is 13.3. The first kappa shape index (κ1) is 29.0. The van der Waals surface area contributed by atoms with Gasteiger partial charge < -0.3 is 20.2 Å². The summed E-state index contributed by atoms with van der Waals surface area (Å²) in [4.78, 5) is 10.2. The van der Waals surface area contributed by atoms with Crippen molar-refractivity contribution in [2.45, 2.75) is 66.5 Å². The highest BCUT2D eigenvalue weighted by Crippen LogP contribution is 2.40. The Balaban J connectivity index is 1.56. The number of hydrogen-bond acceptors (Lipinski definition) is 2. The Hall–Kier alpha value is -4.70. The summed E-state index contributed by atoms with van der Waals surface area (Å²) in [5.74, 6) is 0.406. The average Bonchev–Trinajstić information content (AvgIpc) is 3.68. The highest BCUT2D eigenvalue weighted by atomic mass is 15.2. The van der Waals surface area contributed by atoms with E-state index in [4.69, 9.17) is 0 Å². The van der Waals surface area contributed by atoms with Crippen LogP contribution in [-0.4, -0.2) is 34.0 Å². The molecule has 5 heterocycles. The number of H-pyrrole nitrogens is 2. The van der Waals surface area contributed by atoms with Gasteiger partial charge in [0.25, 0.3) is 0 Å². The van der Waals surface area contributed by atoms with Gasteiger partial charge in [0, 0.05) is 51.7 Å². The lowest BCUT2D eigenvalue weighted by Crippen LogP contribution is -2.28. The number of aromatic amines is 2. The fourth-order valence-electron chi connectivity index (χ4n) is 7.73. The molecule has 0 saturated heterocycles. The third-order valence-corrected chi connectivity index (χ3v) is 10.3. The first-order valence-electron chi connectivity index (χ1n) is 16.2. The summed E-state index contributed by atoms with van der Waals surface area (Å²) in [5.41, 5.74) is 17.6. The predicted molar refractivity (Wildman–Crippen MR) is 191 cm³/mol. The first-order valence-corrected chi connectivity index (χ1v) is 16.2. The largest absolute Gasteiger partial charge is 0.374 e. The van der Waals surface area contributed by atoms with Crippen LogP contribution in [-0.2, 0) is 0 Å². The molecule has 8 bridgehead atoms. The van der Waals surface area contributed by atoms with Crippen LogP contribution in [0.2, 0.25) is 0 Å². The Morgan fingerprint density at radius 3 is 2.02 bits per heavy atom. The van der Waals surface area contributed by atoms with Crippen LogP contribution in [0.3, 0.4) is 0 Å². The molecule has 0 aliphatic carbocycles. The minimum atomic E-state index is 0.0600. The minimum Gasteiger partial charge on any atom is -0.374 e. The molecule has 3 N–H and O–H groups in total. The fraction of sp³-hybridized carbons (Fsp3) is 0.268. The van der Waals surface area contributed by atoms with Gasteiger partial charge in [-0.2, -0.15) is 0 Å². The van der Waals surface area contributed by atoms with Crippen molar-refractivity contribution in [1.29, 1.82) is 0 Å². The standard InChI is InChI=1S/C41H44N4/c1-23(2)39-26(5)31-19-32-27(6)40(29-15-11-9-12-16-29)34(42-32)20-35-41(30-17-13-10-14-18-30)28(7)33(44-35)21-37-24(3)25(4)38(45(37)8)22-36(39)43-31/h9-23,32,38,42-44H,1-8H3/b31-19-,34-20-,36-22-,37-21-. The number of aromatic nitrogens is 2. The molecule has 2 aromatic heterocycles. The molecule has 0 spiro atoms. The average molecular weight is 593 g/mol. The summed E-state index contributed by atoms with van der Waals surface area (Å²) in [6.45, 7) is 16.0. The maximum absolute atomic E-state index is 3.94. The number of nitrogens with zero attached hydrogens (tertiary/aromatic N) is 1. The van der Waals surface area contributed by atoms with Gasteiger partial charge >= 0.3 is 0 Å². The van der Waals surface area contributed by atoms with E-state index in [0.29, 0.717) is 5.92 Å². The molecule has 0 radical (unpaired) electrons. The van der Waals surface area contributed by atoms with E-state index in [2.05, 4.69) is 161 Å². The molecule has 45 heavy (non-hydrogen) atoms.